The molecule has 1 aromatic heterocycles. The van der Waals surface area contributed by atoms with Gasteiger partial charge < -0.3 is 14.5 Å². The largest absolute Gasteiger partial charge is 0.494 e. The molecule has 6 nitrogen and oxygen atoms in total. The van der Waals surface area contributed by atoms with Gasteiger partial charge in [0.05, 0.1) is 18.7 Å². The summed E-state index contributed by atoms with van der Waals surface area (Å²) >= 11 is 1.54. The lowest BCUT2D eigenvalue weighted by Gasteiger charge is -2.34. The number of nitrogens with zero attached hydrogens (tertiary/aromatic N) is 3. The van der Waals surface area contributed by atoms with Crippen LogP contribution in [0.3, 0.4) is 0 Å². The molecule has 0 unspecified atom stereocenters. The van der Waals surface area contributed by atoms with Gasteiger partial charge in [0.25, 0.3) is 0 Å². The smallest absolute Gasteiger partial charge is 0.228 e. The molecule has 1 saturated heterocycles. The Morgan fingerprint density at radius 2 is 1.77 bits per heavy atom. The van der Waals surface area contributed by atoms with Crippen molar-refractivity contribution >= 4 is 23.2 Å². The first-order chi connectivity index (χ1) is 12.6. The van der Waals surface area contributed by atoms with E-state index in [1.165, 1.54) is 11.3 Å². The number of piperazine rings is 1. The van der Waals surface area contributed by atoms with Crippen molar-refractivity contribution in [3.8, 4) is 16.3 Å². The topological polar surface area (TPSA) is 62.7 Å². The molecule has 0 aliphatic carbocycles. The Morgan fingerprint density at radius 1 is 1.12 bits per heavy atom. The van der Waals surface area contributed by atoms with Crippen LogP contribution in [-0.4, -0.2) is 59.4 Å². The van der Waals surface area contributed by atoms with Crippen molar-refractivity contribution in [1.29, 1.82) is 0 Å². The molecule has 0 radical (unpaired) electrons. The summed E-state index contributed by atoms with van der Waals surface area (Å²) in [6, 6.07) is 7.83. The zero-order chi connectivity index (χ0) is 18.5. The number of carbonyl (C=O) groups excluding carboxylic acids is 2. The van der Waals surface area contributed by atoms with Gasteiger partial charge in [-0.25, -0.2) is 4.98 Å². The number of hydrogen-bond donors (Lipinski definition) is 0. The molecule has 138 valence electrons. The van der Waals surface area contributed by atoms with Gasteiger partial charge in [0.2, 0.25) is 11.8 Å². The molecule has 2 heterocycles. The van der Waals surface area contributed by atoms with Crippen molar-refractivity contribution in [2.45, 2.75) is 20.3 Å². The first kappa shape index (κ1) is 18.4. The van der Waals surface area contributed by atoms with Gasteiger partial charge >= 0.3 is 0 Å². The Labute approximate surface area is 157 Å². The lowest BCUT2D eigenvalue weighted by atomic mass is 10.2. The lowest BCUT2D eigenvalue weighted by molar-refractivity contribution is -0.138. The van der Waals surface area contributed by atoms with Crippen LogP contribution in [0.25, 0.3) is 10.6 Å². The maximum atomic E-state index is 12.5. The number of hydrogen-bond acceptors (Lipinski definition) is 5. The Bertz CT molecular complexity index is 765. The highest BCUT2D eigenvalue weighted by atomic mass is 32.1. The molecule has 2 amide bonds. The van der Waals surface area contributed by atoms with Gasteiger partial charge in [-0.2, -0.15) is 0 Å². The van der Waals surface area contributed by atoms with Crippen LogP contribution >= 0.6 is 11.3 Å². The van der Waals surface area contributed by atoms with Gasteiger partial charge in [-0.3, -0.25) is 9.59 Å². The molecular formula is C19H23N3O3S. The molecule has 7 heteroatoms. The summed E-state index contributed by atoms with van der Waals surface area (Å²) in [5.41, 5.74) is 1.81. The number of rotatable bonds is 5. The summed E-state index contributed by atoms with van der Waals surface area (Å²) in [6.45, 7) is 6.56. The molecule has 0 spiro atoms. The van der Waals surface area contributed by atoms with Crippen molar-refractivity contribution in [2.24, 2.45) is 0 Å². The van der Waals surface area contributed by atoms with Crippen LogP contribution in [0, 0.1) is 0 Å². The lowest BCUT2D eigenvalue weighted by Crippen LogP contribution is -2.50. The monoisotopic (exact) mass is 373 g/mol. The van der Waals surface area contributed by atoms with Crippen LogP contribution < -0.4 is 4.74 Å². The molecule has 26 heavy (non-hydrogen) atoms. The zero-order valence-electron chi connectivity index (χ0n) is 15.1. The molecule has 0 saturated carbocycles. The highest BCUT2D eigenvalue weighted by Gasteiger charge is 2.23. The van der Waals surface area contributed by atoms with Gasteiger partial charge in [-0.15, -0.1) is 11.3 Å². The van der Waals surface area contributed by atoms with Crippen LogP contribution in [0.1, 0.15) is 19.5 Å². The number of carbonyl (C=O) groups is 2. The SMILES string of the molecule is CCOc1ccc(-c2nc(CC(=O)N3CCN(C(C)=O)CC3)cs2)cc1. The Hall–Kier alpha value is -2.41. The summed E-state index contributed by atoms with van der Waals surface area (Å²) < 4.78 is 5.45. The Kier molecular flexibility index (Phi) is 5.88. The van der Waals surface area contributed by atoms with E-state index in [1.54, 1.807) is 11.8 Å². The Balaban J connectivity index is 1.58. The second kappa shape index (κ2) is 8.31. The van der Waals surface area contributed by atoms with Crippen molar-refractivity contribution in [2.75, 3.05) is 32.8 Å². The number of thiazole rings is 1. The second-order valence-corrected chi connectivity index (χ2v) is 7.02. The quantitative estimate of drug-likeness (QED) is 0.808. The molecule has 3 rings (SSSR count). The summed E-state index contributed by atoms with van der Waals surface area (Å²) in [6.07, 6.45) is 0.299. The van der Waals surface area contributed by atoms with E-state index < -0.39 is 0 Å². The van der Waals surface area contributed by atoms with E-state index in [1.807, 2.05) is 41.5 Å². The summed E-state index contributed by atoms with van der Waals surface area (Å²) in [5.74, 6) is 0.973. The van der Waals surface area contributed by atoms with E-state index in [0.29, 0.717) is 39.2 Å². The number of aromatic nitrogens is 1. The van der Waals surface area contributed by atoms with Gasteiger partial charge in [0, 0.05) is 44.0 Å². The van der Waals surface area contributed by atoms with E-state index in [9.17, 15) is 9.59 Å². The first-order valence-corrected chi connectivity index (χ1v) is 9.65. The maximum absolute atomic E-state index is 12.5. The maximum Gasteiger partial charge on any atom is 0.228 e. The molecule has 1 aliphatic heterocycles. The van der Waals surface area contributed by atoms with Gasteiger partial charge in [0.1, 0.15) is 10.8 Å². The summed E-state index contributed by atoms with van der Waals surface area (Å²) in [4.78, 5) is 32.0. The number of benzene rings is 1. The molecule has 1 aromatic carbocycles. The zero-order valence-corrected chi connectivity index (χ0v) is 15.9. The van der Waals surface area contributed by atoms with Crippen molar-refractivity contribution < 1.29 is 14.3 Å². The Morgan fingerprint density at radius 3 is 2.38 bits per heavy atom. The van der Waals surface area contributed by atoms with Crippen LogP contribution in [0.5, 0.6) is 5.75 Å². The molecule has 0 atom stereocenters. The minimum absolute atomic E-state index is 0.0663. The second-order valence-electron chi connectivity index (χ2n) is 6.17. The molecule has 0 bridgehead atoms. The van der Waals surface area contributed by atoms with E-state index in [2.05, 4.69) is 4.98 Å². The standard InChI is InChI=1S/C19H23N3O3S/c1-3-25-17-6-4-15(5-7-17)19-20-16(13-26-19)12-18(24)22-10-8-21(9-11-22)14(2)23/h4-7,13H,3,8-12H2,1-2H3. The van der Waals surface area contributed by atoms with E-state index in [4.69, 9.17) is 4.74 Å². The third-order valence-electron chi connectivity index (χ3n) is 4.37. The van der Waals surface area contributed by atoms with E-state index in [0.717, 1.165) is 22.0 Å². The summed E-state index contributed by atoms with van der Waals surface area (Å²) in [5, 5.41) is 2.84. The molecule has 0 N–H and O–H groups in total. The first-order valence-electron chi connectivity index (χ1n) is 8.77. The predicted molar refractivity (Wildman–Crippen MR) is 101 cm³/mol. The average molecular weight is 373 g/mol. The van der Waals surface area contributed by atoms with Crippen LogP contribution in [0.2, 0.25) is 0 Å². The minimum Gasteiger partial charge on any atom is -0.494 e. The van der Waals surface area contributed by atoms with Crippen molar-refractivity contribution in [1.82, 2.24) is 14.8 Å². The predicted octanol–water partition coefficient (Wildman–Crippen LogP) is 2.44. The van der Waals surface area contributed by atoms with E-state index >= 15 is 0 Å². The highest BCUT2D eigenvalue weighted by Crippen LogP contribution is 2.26. The average Bonchev–Trinajstić information content (AvgIpc) is 3.11. The van der Waals surface area contributed by atoms with Crippen LogP contribution in [0.4, 0.5) is 0 Å². The third kappa shape index (κ3) is 4.40. The van der Waals surface area contributed by atoms with Crippen molar-refractivity contribution in [3.63, 3.8) is 0 Å². The highest BCUT2D eigenvalue weighted by molar-refractivity contribution is 7.13. The van der Waals surface area contributed by atoms with Gasteiger partial charge in [0.15, 0.2) is 0 Å². The van der Waals surface area contributed by atoms with E-state index in [-0.39, 0.29) is 11.8 Å². The fourth-order valence-corrected chi connectivity index (χ4v) is 3.74. The van der Waals surface area contributed by atoms with Crippen molar-refractivity contribution in [3.05, 3.63) is 35.3 Å². The summed E-state index contributed by atoms with van der Waals surface area (Å²) in [7, 11) is 0. The molecule has 1 fully saturated rings. The number of ether oxygens (including phenoxy) is 1. The third-order valence-corrected chi connectivity index (χ3v) is 5.31. The normalized spacial score (nSPS) is 14.4. The van der Waals surface area contributed by atoms with Gasteiger partial charge in [-0.05, 0) is 31.2 Å². The van der Waals surface area contributed by atoms with Gasteiger partial charge in [-0.1, -0.05) is 0 Å². The molecule has 1 aliphatic rings. The van der Waals surface area contributed by atoms with Crippen LogP contribution in [-0.2, 0) is 16.0 Å². The van der Waals surface area contributed by atoms with Crippen LogP contribution in [0.15, 0.2) is 29.6 Å². The fraction of sp³-hybridized carbons (Fsp3) is 0.421. The fourth-order valence-electron chi connectivity index (χ4n) is 2.92. The number of amides is 2. The molecular weight excluding hydrogens is 350 g/mol. The molecule has 2 aromatic rings. The minimum atomic E-state index is 0.0663.